The third-order valence-corrected chi connectivity index (χ3v) is 5.20. The van der Waals surface area contributed by atoms with Gasteiger partial charge < -0.3 is 19.7 Å². The summed E-state index contributed by atoms with van der Waals surface area (Å²) in [6.07, 6.45) is 0.549. The molecule has 0 saturated heterocycles. The molecule has 1 heterocycles. The number of benzene rings is 2. The van der Waals surface area contributed by atoms with Gasteiger partial charge in [0.05, 0.1) is 26.0 Å². The highest BCUT2D eigenvalue weighted by Gasteiger charge is 2.34. The first kappa shape index (κ1) is 23.1. The SMILES string of the molecule is COc1ccc([C@H]2CC(c3cccc(OC)c3)=NN2C(=O)CN(C)C(=O)NC(C)C)cc1. The van der Waals surface area contributed by atoms with Crippen LogP contribution in [-0.4, -0.2) is 61.4 Å². The molecule has 1 N–H and O–H groups in total. The molecule has 3 rings (SSSR count). The van der Waals surface area contributed by atoms with E-state index in [1.165, 1.54) is 9.91 Å². The van der Waals surface area contributed by atoms with Crippen LogP contribution in [0.2, 0.25) is 0 Å². The minimum absolute atomic E-state index is 0.0171. The molecule has 0 unspecified atom stereocenters. The van der Waals surface area contributed by atoms with Gasteiger partial charge in [0, 0.05) is 25.1 Å². The fourth-order valence-corrected chi connectivity index (χ4v) is 3.51. The van der Waals surface area contributed by atoms with Gasteiger partial charge in [-0.2, -0.15) is 5.10 Å². The summed E-state index contributed by atoms with van der Waals surface area (Å²) < 4.78 is 10.6. The number of methoxy groups -OCH3 is 2. The van der Waals surface area contributed by atoms with Gasteiger partial charge in [-0.3, -0.25) is 4.79 Å². The Bertz CT molecular complexity index is 988. The van der Waals surface area contributed by atoms with Crippen LogP contribution in [0.1, 0.15) is 37.4 Å². The fraction of sp³-hybridized carbons (Fsp3) is 0.375. The predicted octanol–water partition coefficient (Wildman–Crippen LogP) is 3.43. The molecular formula is C24H30N4O4. The molecular weight excluding hydrogens is 408 g/mol. The van der Waals surface area contributed by atoms with E-state index in [9.17, 15) is 9.59 Å². The molecule has 3 amide bonds. The summed E-state index contributed by atoms with van der Waals surface area (Å²) in [5.41, 5.74) is 2.62. The van der Waals surface area contributed by atoms with Crippen LogP contribution in [-0.2, 0) is 4.79 Å². The fourth-order valence-electron chi connectivity index (χ4n) is 3.51. The van der Waals surface area contributed by atoms with Crippen LogP contribution in [0.25, 0.3) is 0 Å². The number of carbonyl (C=O) groups excluding carboxylic acids is 2. The van der Waals surface area contributed by atoms with Crippen molar-refractivity contribution in [3.05, 3.63) is 59.7 Å². The van der Waals surface area contributed by atoms with Crippen LogP contribution < -0.4 is 14.8 Å². The molecule has 32 heavy (non-hydrogen) atoms. The molecule has 1 aliphatic heterocycles. The molecule has 8 heteroatoms. The Morgan fingerprint density at radius 1 is 1.12 bits per heavy atom. The van der Waals surface area contributed by atoms with E-state index in [2.05, 4.69) is 10.4 Å². The van der Waals surface area contributed by atoms with Gasteiger partial charge in [-0.05, 0) is 43.7 Å². The van der Waals surface area contributed by atoms with Crippen molar-refractivity contribution in [2.75, 3.05) is 27.8 Å². The lowest BCUT2D eigenvalue weighted by Gasteiger charge is -2.25. The van der Waals surface area contributed by atoms with Gasteiger partial charge in [-0.25, -0.2) is 9.80 Å². The Labute approximate surface area is 188 Å². The van der Waals surface area contributed by atoms with E-state index in [1.54, 1.807) is 21.3 Å². The number of carbonyl (C=O) groups is 2. The number of hydrogen-bond donors (Lipinski definition) is 1. The van der Waals surface area contributed by atoms with Crippen LogP contribution in [0.4, 0.5) is 4.79 Å². The maximum atomic E-state index is 13.2. The smallest absolute Gasteiger partial charge is 0.317 e. The van der Waals surface area contributed by atoms with Crippen molar-refractivity contribution in [1.29, 1.82) is 0 Å². The molecule has 1 aliphatic rings. The van der Waals surface area contributed by atoms with Crippen molar-refractivity contribution in [2.45, 2.75) is 32.4 Å². The van der Waals surface area contributed by atoms with Gasteiger partial charge in [0.25, 0.3) is 5.91 Å². The first-order valence-corrected chi connectivity index (χ1v) is 10.5. The van der Waals surface area contributed by atoms with Crippen molar-refractivity contribution in [2.24, 2.45) is 5.10 Å². The van der Waals surface area contributed by atoms with Crippen LogP contribution in [0.3, 0.4) is 0 Å². The Morgan fingerprint density at radius 3 is 2.44 bits per heavy atom. The highest BCUT2D eigenvalue weighted by atomic mass is 16.5. The van der Waals surface area contributed by atoms with Crippen LogP contribution in [0.5, 0.6) is 11.5 Å². The molecule has 0 spiro atoms. The second-order valence-electron chi connectivity index (χ2n) is 7.97. The lowest BCUT2D eigenvalue weighted by atomic mass is 9.98. The largest absolute Gasteiger partial charge is 0.497 e. The van der Waals surface area contributed by atoms with Crippen molar-refractivity contribution in [1.82, 2.24) is 15.2 Å². The second-order valence-corrected chi connectivity index (χ2v) is 7.97. The Hall–Kier alpha value is -3.55. The van der Waals surface area contributed by atoms with E-state index in [-0.39, 0.29) is 30.6 Å². The Morgan fingerprint density at radius 2 is 1.81 bits per heavy atom. The highest BCUT2D eigenvalue weighted by Crippen LogP contribution is 2.34. The minimum atomic E-state index is -0.300. The van der Waals surface area contributed by atoms with Gasteiger partial charge in [0.15, 0.2) is 0 Å². The summed E-state index contributed by atoms with van der Waals surface area (Å²) in [7, 11) is 4.83. The molecule has 2 aromatic rings. The van der Waals surface area contributed by atoms with Crippen LogP contribution >= 0.6 is 0 Å². The number of rotatable bonds is 7. The monoisotopic (exact) mass is 438 g/mol. The molecule has 170 valence electrons. The minimum Gasteiger partial charge on any atom is -0.497 e. The number of ether oxygens (including phenoxy) is 2. The average molecular weight is 439 g/mol. The molecule has 0 bridgehead atoms. The van der Waals surface area contributed by atoms with Gasteiger partial charge >= 0.3 is 6.03 Å². The summed E-state index contributed by atoms with van der Waals surface area (Å²) in [5.74, 6) is 1.20. The number of urea groups is 1. The molecule has 2 aromatic carbocycles. The normalized spacial score (nSPS) is 15.4. The molecule has 8 nitrogen and oxygen atoms in total. The number of hydrazone groups is 1. The van der Waals surface area contributed by atoms with Crippen molar-refractivity contribution in [3.8, 4) is 11.5 Å². The summed E-state index contributed by atoms with van der Waals surface area (Å²) >= 11 is 0. The Kier molecular flexibility index (Phi) is 7.35. The predicted molar refractivity (Wildman–Crippen MR) is 123 cm³/mol. The number of hydrogen-bond acceptors (Lipinski definition) is 5. The highest BCUT2D eigenvalue weighted by molar-refractivity contribution is 6.03. The van der Waals surface area contributed by atoms with Gasteiger partial charge in [-0.15, -0.1) is 0 Å². The number of nitrogens with one attached hydrogen (secondary N) is 1. The third-order valence-electron chi connectivity index (χ3n) is 5.20. The molecule has 0 aliphatic carbocycles. The number of amides is 3. The third kappa shape index (κ3) is 5.38. The van der Waals surface area contributed by atoms with E-state index in [1.807, 2.05) is 62.4 Å². The summed E-state index contributed by atoms with van der Waals surface area (Å²) in [6.45, 7) is 3.66. The zero-order valence-electron chi connectivity index (χ0n) is 19.2. The van der Waals surface area contributed by atoms with Gasteiger partial charge in [0.1, 0.15) is 18.0 Å². The van der Waals surface area contributed by atoms with E-state index in [0.717, 1.165) is 28.3 Å². The zero-order valence-corrected chi connectivity index (χ0v) is 19.2. The number of likely N-dealkylation sites (N-methyl/N-ethyl adjacent to an activating group) is 1. The van der Waals surface area contributed by atoms with Gasteiger partial charge in [0.2, 0.25) is 0 Å². The quantitative estimate of drug-likeness (QED) is 0.718. The zero-order chi connectivity index (χ0) is 23.3. The van der Waals surface area contributed by atoms with E-state index < -0.39 is 0 Å². The number of nitrogens with zero attached hydrogens (tertiary/aromatic N) is 3. The maximum absolute atomic E-state index is 13.2. The van der Waals surface area contributed by atoms with Crippen molar-refractivity contribution in [3.63, 3.8) is 0 Å². The van der Waals surface area contributed by atoms with E-state index >= 15 is 0 Å². The van der Waals surface area contributed by atoms with Gasteiger partial charge in [-0.1, -0.05) is 24.3 Å². The van der Waals surface area contributed by atoms with Crippen molar-refractivity contribution < 1.29 is 19.1 Å². The molecule has 0 aromatic heterocycles. The topological polar surface area (TPSA) is 83.5 Å². The first-order valence-electron chi connectivity index (χ1n) is 10.5. The summed E-state index contributed by atoms with van der Waals surface area (Å²) in [4.78, 5) is 26.8. The summed E-state index contributed by atoms with van der Waals surface area (Å²) in [5, 5.41) is 8.94. The second kappa shape index (κ2) is 10.2. The molecule has 0 saturated carbocycles. The maximum Gasteiger partial charge on any atom is 0.317 e. The van der Waals surface area contributed by atoms with E-state index in [4.69, 9.17) is 9.47 Å². The lowest BCUT2D eigenvalue weighted by molar-refractivity contribution is -0.133. The van der Waals surface area contributed by atoms with E-state index in [0.29, 0.717) is 6.42 Å². The standard InChI is InChI=1S/C24H30N4O4/c1-16(2)25-24(30)27(3)15-23(29)28-22(17-9-11-19(31-4)12-10-17)14-21(26-28)18-7-6-8-20(13-18)32-5/h6-13,16,22H,14-15H2,1-5H3,(H,25,30)/t22-/m1/s1. The average Bonchev–Trinajstić information content (AvgIpc) is 3.24. The van der Waals surface area contributed by atoms with Crippen molar-refractivity contribution >= 4 is 17.6 Å². The molecule has 1 atom stereocenters. The first-order chi connectivity index (χ1) is 15.3. The Balaban J connectivity index is 1.88. The molecule has 0 radical (unpaired) electrons. The molecule has 0 fully saturated rings. The van der Waals surface area contributed by atoms with Crippen LogP contribution in [0, 0.1) is 0 Å². The van der Waals surface area contributed by atoms with Crippen LogP contribution in [0.15, 0.2) is 53.6 Å². The lowest BCUT2D eigenvalue weighted by Crippen LogP contribution is -2.45. The summed E-state index contributed by atoms with van der Waals surface area (Å²) in [6, 6.07) is 14.6.